The normalized spacial score (nSPS) is 11.9. The van der Waals surface area contributed by atoms with Crippen LogP contribution in [0.1, 0.15) is 0 Å². The van der Waals surface area contributed by atoms with E-state index in [1.165, 1.54) is 54.1 Å². The zero-order valence-electron chi connectivity index (χ0n) is 39.0. The van der Waals surface area contributed by atoms with Gasteiger partial charge in [0, 0.05) is 43.4 Å². The van der Waals surface area contributed by atoms with Crippen LogP contribution in [0.25, 0.3) is 143 Å². The van der Waals surface area contributed by atoms with Gasteiger partial charge in [-0.3, -0.25) is 0 Å². The maximum Gasteiger partial charge on any atom is 0.160 e. The Hall–Kier alpha value is -9.64. The summed E-state index contributed by atoms with van der Waals surface area (Å²) in [7, 11) is 0. The first-order chi connectivity index (χ1) is 35.7. The molecule has 15 aromatic rings. The lowest BCUT2D eigenvalue weighted by Crippen LogP contribution is -1.99. The van der Waals surface area contributed by atoms with Gasteiger partial charge >= 0.3 is 0 Å². The van der Waals surface area contributed by atoms with E-state index in [4.69, 9.17) is 9.97 Å². The highest BCUT2D eigenvalue weighted by Crippen LogP contribution is 2.45. The second kappa shape index (κ2) is 16.0. The van der Waals surface area contributed by atoms with Crippen LogP contribution >= 0.6 is 0 Å². The molecule has 0 saturated heterocycles. The standard InChI is InChI=1S/C68H42N4/c1-3-18-43(19-4-1)48-38-49(44-20-5-2-6-21-44)40-50(39-48)68-69-58-30-15-13-28-55(58)67(70-68)54-35-37-60(53-27-12-11-26-52(53)54)72-62-33-17-32-61(66(62)57-41-46-23-7-8-24-47(46)42-64(57)72)71-59-31-16-14-29-56(59)65-51-25-10-9-22-45(51)34-36-63(65)71/h1-42H. The van der Waals surface area contributed by atoms with Crippen molar-refractivity contribution in [3.8, 4) is 56.3 Å². The second-order valence-corrected chi connectivity index (χ2v) is 18.9. The summed E-state index contributed by atoms with van der Waals surface area (Å²) in [5.74, 6) is 0.687. The number of rotatable bonds is 6. The van der Waals surface area contributed by atoms with Crippen LogP contribution in [0.4, 0.5) is 0 Å². The molecule has 0 fully saturated rings. The van der Waals surface area contributed by atoms with Gasteiger partial charge in [-0.2, -0.15) is 0 Å². The van der Waals surface area contributed by atoms with E-state index in [1.54, 1.807) is 0 Å². The Morgan fingerprint density at radius 1 is 0.264 bits per heavy atom. The number of benzene rings is 12. The molecule has 0 unspecified atom stereocenters. The first-order valence-electron chi connectivity index (χ1n) is 24.6. The highest BCUT2D eigenvalue weighted by atomic mass is 15.0. The van der Waals surface area contributed by atoms with Crippen molar-refractivity contribution in [2.24, 2.45) is 0 Å². The summed E-state index contributed by atoms with van der Waals surface area (Å²) in [4.78, 5) is 10.9. The fraction of sp³-hybridized carbons (Fsp3) is 0. The lowest BCUT2D eigenvalue weighted by atomic mass is 9.95. The zero-order valence-corrected chi connectivity index (χ0v) is 39.0. The summed E-state index contributed by atoms with van der Waals surface area (Å²) >= 11 is 0. The molecule has 4 heteroatoms. The Labute approximate surface area is 415 Å². The third-order valence-corrected chi connectivity index (χ3v) is 14.8. The molecule has 0 spiro atoms. The maximum absolute atomic E-state index is 5.58. The first-order valence-corrected chi connectivity index (χ1v) is 24.6. The van der Waals surface area contributed by atoms with Gasteiger partial charge in [-0.05, 0) is 116 Å². The van der Waals surface area contributed by atoms with Crippen LogP contribution in [0.15, 0.2) is 255 Å². The van der Waals surface area contributed by atoms with E-state index < -0.39 is 0 Å². The second-order valence-electron chi connectivity index (χ2n) is 18.9. The molecule has 334 valence electrons. The Morgan fingerprint density at radius 2 is 0.833 bits per heavy atom. The molecule has 72 heavy (non-hydrogen) atoms. The number of aromatic nitrogens is 4. The molecule has 3 aromatic heterocycles. The Morgan fingerprint density at radius 3 is 1.60 bits per heavy atom. The molecule has 0 amide bonds. The number of nitrogens with zero attached hydrogens (tertiary/aromatic N) is 4. The fourth-order valence-electron chi connectivity index (χ4n) is 11.6. The van der Waals surface area contributed by atoms with Gasteiger partial charge in [0.2, 0.25) is 0 Å². The minimum absolute atomic E-state index is 0.687. The molecule has 0 N–H and O–H groups in total. The van der Waals surface area contributed by atoms with E-state index in [2.05, 4.69) is 264 Å². The van der Waals surface area contributed by atoms with E-state index in [9.17, 15) is 0 Å². The van der Waals surface area contributed by atoms with Crippen molar-refractivity contribution >= 4 is 86.8 Å². The SMILES string of the molecule is c1ccc(-c2cc(-c3ccccc3)cc(-c3nc(-c4ccc(-n5c6cc7ccccc7cc6c6c(-n7c8ccccc8c8c9ccccc9ccc87)cccc65)c5ccccc45)c4ccccc4n3)c2)cc1. The summed E-state index contributed by atoms with van der Waals surface area (Å²) < 4.78 is 5.00. The third-order valence-electron chi connectivity index (χ3n) is 14.8. The largest absolute Gasteiger partial charge is 0.309 e. The van der Waals surface area contributed by atoms with Crippen molar-refractivity contribution in [2.45, 2.75) is 0 Å². The third kappa shape index (κ3) is 6.19. The molecule has 0 saturated carbocycles. The minimum Gasteiger partial charge on any atom is -0.309 e. The van der Waals surface area contributed by atoms with Crippen LogP contribution in [0, 0.1) is 0 Å². The average molecular weight is 915 g/mol. The summed E-state index contributed by atoms with van der Waals surface area (Å²) in [5, 5.41) is 13.1. The van der Waals surface area contributed by atoms with Gasteiger partial charge in [-0.25, -0.2) is 9.97 Å². The topological polar surface area (TPSA) is 35.6 Å². The van der Waals surface area contributed by atoms with Gasteiger partial charge in [0.1, 0.15) is 0 Å². The van der Waals surface area contributed by atoms with Crippen LogP contribution in [0.2, 0.25) is 0 Å². The molecule has 0 aliphatic heterocycles. The Kier molecular flexibility index (Phi) is 8.92. The molecule has 0 radical (unpaired) electrons. The summed E-state index contributed by atoms with van der Waals surface area (Å²) in [6.45, 7) is 0. The Bertz CT molecular complexity index is 4620. The summed E-state index contributed by atoms with van der Waals surface area (Å²) in [5.41, 5.74) is 15.3. The van der Waals surface area contributed by atoms with E-state index in [-0.39, 0.29) is 0 Å². The van der Waals surface area contributed by atoms with Gasteiger partial charge in [-0.1, -0.05) is 188 Å². The first kappa shape index (κ1) is 40.3. The van der Waals surface area contributed by atoms with E-state index >= 15 is 0 Å². The summed E-state index contributed by atoms with van der Waals surface area (Å²) in [6.07, 6.45) is 0. The fourth-order valence-corrected chi connectivity index (χ4v) is 11.6. The van der Waals surface area contributed by atoms with Crippen LogP contribution in [0.3, 0.4) is 0 Å². The summed E-state index contributed by atoms with van der Waals surface area (Å²) in [6, 6.07) is 92.4. The quantitative estimate of drug-likeness (QED) is 0.167. The van der Waals surface area contributed by atoms with Crippen LogP contribution < -0.4 is 0 Å². The van der Waals surface area contributed by atoms with Gasteiger partial charge in [-0.15, -0.1) is 0 Å². The van der Waals surface area contributed by atoms with Gasteiger partial charge in [0.15, 0.2) is 5.82 Å². The molecule has 12 aromatic carbocycles. The van der Waals surface area contributed by atoms with Crippen molar-refractivity contribution in [3.05, 3.63) is 255 Å². The number of fused-ring (bicyclic) bond motifs is 11. The van der Waals surface area contributed by atoms with Crippen LogP contribution in [0.5, 0.6) is 0 Å². The van der Waals surface area contributed by atoms with E-state index in [0.717, 1.165) is 83.2 Å². The molecule has 15 rings (SSSR count). The molecule has 3 heterocycles. The van der Waals surface area contributed by atoms with Gasteiger partial charge in [0.05, 0.1) is 44.7 Å². The van der Waals surface area contributed by atoms with E-state index in [0.29, 0.717) is 5.82 Å². The number of hydrogen-bond acceptors (Lipinski definition) is 2. The molecule has 0 atom stereocenters. The highest BCUT2D eigenvalue weighted by molar-refractivity contribution is 6.24. The maximum atomic E-state index is 5.58. The van der Waals surface area contributed by atoms with Crippen molar-refractivity contribution in [3.63, 3.8) is 0 Å². The molecule has 0 bridgehead atoms. The monoisotopic (exact) mass is 914 g/mol. The van der Waals surface area contributed by atoms with Crippen LogP contribution in [-0.4, -0.2) is 19.1 Å². The van der Waals surface area contributed by atoms with Crippen molar-refractivity contribution in [2.75, 3.05) is 0 Å². The minimum atomic E-state index is 0.687. The molecular weight excluding hydrogens is 873 g/mol. The average Bonchev–Trinajstić information content (AvgIpc) is 3.97. The number of para-hydroxylation sites is 2. The Balaban J connectivity index is 0.981. The van der Waals surface area contributed by atoms with Crippen molar-refractivity contribution < 1.29 is 0 Å². The highest BCUT2D eigenvalue weighted by Gasteiger charge is 2.23. The van der Waals surface area contributed by atoms with Gasteiger partial charge < -0.3 is 9.13 Å². The predicted octanol–water partition coefficient (Wildman–Crippen LogP) is 18.0. The molecule has 4 nitrogen and oxygen atoms in total. The number of hydrogen-bond donors (Lipinski definition) is 0. The molecule has 0 aliphatic carbocycles. The van der Waals surface area contributed by atoms with Crippen molar-refractivity contribution in [1.82, 2.24) is 19.1 Å². The van der Waals surface area contributed by atoms with Crippen LogP contribution in [-0.2, 0) is 0 Å². The smallest absolute Gasteiger partial charge is 0.160 e. The predicted molar refractivity (Wildman–Crippen MR) is 302 cm³/mol. The van der Waals surface area contributed by atoms with E-state index in [1.807, 2.05) is 0 Å². The zero-order chi connectivity index (χ0) is 47.3. The lowest BCUT2D eigenvalue weighted by Gasteiger charge is -2.17. The lowest BCUT2D eigenvalue weighted by molar-refractivity contribution is 1.18. The molecule has 0 aliphatic rings. The molecular formula is C68H42N4. The van der Waals surface area contributed by atoms with Gasteiger partial charge in [0.25, 0.3) is 0 Å². The van der Waals surface area contributed by atoms with Crippen molar-refractivity contribution in [1.29, 1.82) is 0 Å².